The highest BCUT2D eigenvalue weighted by Crippen LogP contribution is 2.36. The first-order chi connectivity index (χ1) is 10.3. The van der Waals surface area contributed by atoms with E-state index in [0.717, 1.165) is 7.05 Å². The van der Waals surface area contributed by atoms with Crippen LogP contribution in [0.1, 0.15) is 21.7 Å². The third-order valence-corrected chi connectivity index (χ3v) is 3.13. The zero-order valence-electron chi connectivity index (χ0n) is 11.1. The highest BCUT2D eigenvalue weighted by atomic mass is 35.5. The van der Waals surface area contributed by atoms with Crippen LogP contribution >= 0.6 is 11.6 Å². The molecule has 22 heavy (non-hydrogen) atoms. The Labute approximate surface area is 127 Å². The number of anilines is 1. The van der Waals surface area contributed by atoms with E-state index < -0.39 is 28.5 Å². The number of halogens is 4. The van der Waals surface area contributed by atoms with Gasteiger partial charge in [-0.2, -0.15) is 23.5 Å². The van der Waals surface area contributed by atoms with Crippen LogP contribution in [-0.2, 0) is 13.2 Å². The number of nitrogens with one attached hydrogen (secondary N) is 1. The van der Waals surface area contributed by atoms with Gasteiger partial charge in [0.05, 0.1) is 11.3 Å². The number of carbonyl (C=O) groups is 1. The van der Waals surface area contributed by atoms with Gasteiger partial charge < -0.3 is 5.32 Å². The molecule has 0 saturated carbocycles. The highest BCUT2D eigenvalue weighted by molar-refractivity contribution is 6.34. The van der Waals surface area contributed by atoms with E-state index in [0.29, 0.717) is 4.68 Å². The maximum absolute atomic E-state index is 12.8. The summed E-state index contributed by atoms with van der Waals surface area (Å²) in [7, 11) is 1.04. The minimum Gasteiger partial charge on any atom is -0.319 e. The van der Waals surface area contributed by atoms with Gasteiger partial charge in [-0.3, -0.25) is 9.48 Å². The SMILES string of the molecule is Cn1nc(C(=O)Nc2ccccc2C#N)c(Cl)c1C(F)(F)F. The number of alkyl halides is 3. The largest absolute Gasteiger partial charge is 0.434 e. The van der Waals surface area contributed by atoms with Crippen molar-refractivity contribution in [2.75, 3.05) is 5.32 Å². The number of hydrogen-bond acceptors (Lipinski definition) is 3. The van der Waals surface area contributed by atoms with Crippen molar-refractivity contribution >= 4 is 23.2 Å². The summed E-state index contributed by atoms with van der Waals surface area (Å²) >= 11 is 5.62. The van der Waals surface area contributed by atoms with E-state index in [1.165, 1.54) is 12.1 Å². The second kappa shape index (κ2) is 5.69. The molecule has 0 aliphatic heterocycles. The van der Waals surface area contributed by atoms with Crippen LogP contribution in [0.5, 0.6) is 0 Å². The lowest BCUT2D eigenvalue weighted by Crippen LogP contribution is -2.14. The third kappa shape index (κ3) is 2.89. The van der Waals surface area contributed by atoms with Gasteiger partial charge in [0.1, 0.15) is 11.1 Å². The number of aromatic nitrogens is 2. The first-order valence-corrected chi connectivity index (χ1v) is 6.23. The van der Waals surface area contributed by atoms with Crippen molar-refractivity contribution in [2.24, 2.45) is 7.05 Å². The zero-order chi connectivity index (χ0) is 16.5. The maximum atomic E-state index is 12.8. The van der Waals surface area contributed by atoms with Gasteiger partial charge in [0, 0.05) is 7.05 Å². The fraction of sp³-hybridized carbons (Fsp3) is 0.154. The molecule has 2 aromatic rings. The Morgan fingerprint density at radius 3 is 2.59 bits per heavy atom. The number of aryl methyl sites for hydroxylation is 1. The lowest BCUT2D eigenvalue weighted by atomic mass is 10.2. The second-order valence-corrected chi connectivity index (χ2v) is 4.62. The first kappa shape index (κ1) is 15.9. The van der Waals surface area contributed by atoms with Gasteiger partial charge in [-0.1, -0.05) is 23.7 Å². The van der Waals surface area contributed by atoms with Crippen LogP contribution in [0.3, 0.4) is 0 Å². The van der Waals surface area contributed by atoms with Crippen molar-refractivity contribution in [3.8, 4) is 6.07 Å². The van der Waals surface area contributed by atoms with Crippen LogP contribution in [0, 0.1) is 11.3 Å². The molecule has 1 N–H and O–H groups in total. The van der Waals surface area contributed by atoms with E-state index in [4.69, 9.17) is 16.9 Å². The summed E-state index contributed by atoms with van der Waals surface area (Å²) < 4.78 is 38.9. The smallest absolute Gasteiger partial charge is 0.319 e. The van der Waals surface area contributed by atoms with E-state index in [1.807, 2.05) is 6.07 Å². The summed E-state index contributed by atoms with van der Waals surface area (Å²) in [5.41, 5.74) is -1.46. The first-order valence-electron chi connectivity index (χ1n) is 5.86. The molecule has 0 bridgehead atoms. The van der Waals surface area contributed by atoms with Crippen LogP contribution in [0.25, 0.3) is 0 Å². The minimum atomic E-state index is -4.73. The number of hydrogen-bond donors (Lipinski definition) is 1. The molecule has 0 fully saturated rings. The summed E-state index contributed by atoms with van der Waals surface area (Å²) in [6, 6.07) is 7.91. The van der Waals surface area contributed by atoms with E-state index in [1.54, 1.807) is 12.1 Å². The molecule has 0 radical (unpaired) electrons. The van der Waals surface area contributed by atoms with Gasteiger partial charge in [-0.15, -0.1) is 0 Å². The van der Waals surface area contributed by atoms with E-state index >= 15 is 0 Å². The quantitative estimate of drug-likeness (QED) is 0.920. The molecule has 2 rings (SSSR count). The summed E-state index contributed by atoms with van der Waals surface area (Å²) in [6.07, 6.45) is -4.73. The average molecular weight is 329 g/mol. The number of benzene rings is 1. The van der Waals surface area contributed by atoms with Crippen molar-refractivity contribution in [3.05, 3.63) is 46.2 Å². The molecule has 0 unspecified atom stereocenters. The van der Waals surface area contributed by atoms with Crippen molar-refractivity contribution < 1.29 is 18.0 Å². The van der Waals surface area contributed by atoms with Gasteiger partial charge in [0.15, 0.2) is 11.4 Å². The molecule has 9 heteroatoms. The topological polar surface area (TPSA) is 70.7 Å². The second-order valence-electron chi connectivity index (χ2n) is 4.24. The average Bonchev–Trinajstić information content (AvgIpc) is 2.74. The third-order valence-electron chi connectivity index (χ3n) is 2.77. The normalized spacial score (nSPS) is 11.1. The van der Waals surface area contributed by atoms with Crippen LogP contribution in [0.4, 0.5) is 18.9 Å². The molecular formula is C13H8ClF3N4O. The predicted molar refractivity (Wildman–Crippen MR) is 72.3 cm³/mol. The Morgan fingerprint density at radius 1 is 1.41 bits per heavy atom. The van der Waals surface area contributed by atoms with E-state index in [9.17, 15) is 18.0 Å². The molecule has 0 spiro atoms. The standard InChI is InChI=1S/C13H8ClF3N4O/c1-21-11(13(15,16)17)9(14)10(20-21)12(22)19-8-5-3-2-4-7(8)6-18/h2-5H,1H3,(H,19,22). The molecular weight excluding hydrogens is 321 g/mol. The van der Waals surface area contributed by atoms with Crippen LogP contribution < -0.4 is 5.32 Å². The number of carbonyl (C=O) groups excluding carboxylic acids is 1. The fourth-order valence-corrected chi connectivity index (χ4v) is 2.18. The molecule has 5 nitrogen and oxygen atoms in total. The lowest BCUT2D eigenvalue weighted by Gasteiger charge is -2.06. The van der Waals surface area contributed by atoms with E-state index in [-0.39, 0.29) is 11.3 Å². The number of para-hydroxylation sites is 1. The van der Waals surface area contributed by atoms with Crippen molar-refractivity contribution in [1.29, 1.82) is 5.26 Å². The zero-order valence-corrected chi connectivity index (χ0v) is 11.8. The molecule has 1 aromatic carbocycles. The Hall–Kier alpha value is -2.53. The molecule has 0 atom stereocenters. The molecule has 1 amide bonds. The van der Waals surface area contributed by atoms with Gasteiger partial charge in [-0.25, -0.2) is 0 Å². The fourth-order valence-electron chi connectivity index (χ4n) is 1.82. The van der Waals surface area contributed by atoms with Gasteiger partial charge in [-0.05, 0) is 12.1 Å². The highest BCUT2D eigenvalue weighted by Gasteiger charge is 2.40. The molecule has 1 aromatic heterocycles. The summed E-state index contributed by atoms with van der Waals surface area (Å²) in [5.74, 6) is -0.932. The van der Waals surface area contributed by atoms with Crippen LogP contribution in [0.2, 0.25) is 5.02 Å². The minimum absolute atomic E-state index is 0.158. The summed E-state index contributed by atoms with van der Waals surface area (Å²) in [4.78, 5) is 12.0. The molecule has 0 aliphatic rings. The number of amides is 1. The van der Waals surface area contributed by atoms with Gasteiger partial charge >= 0.3 is 6.18 Å². The number of nitrogens with zero attached hydrogens (tertiary/aromatic N) is 3. The molecule has 114 valence electrons. The number of nitriles is 1. The number of rotatable bonds is 2. The molecule has 0 aliphatic carbocycles. The Balaban J connectivity index is 2.38. The maximum Gasteiger partial charge on any atom is 0.434 e. The Kier molecular flexibility index (Phi) is 4.10. The van der Waals surface area contributed by atoms with Crippen LogP contribution in [-0.4, -0.2) is 15.7 Å². The summed E-state index contributed by atoms with van der Waals surface area (Å²) in [5, 5.41) is 13.9. The van der Waals surface area contributed by atoms with Crippen molar-refractivity contribution in [3.63, 3.8) is 0 Å². The predicted octanol–water partition coefficient (Wildman–Crippen LogP) is 3.22. The lowest BCUT2D eigenvalue weighted by molar-refractivity contribution is -0.143. The van der Waals surface area contributed by atoms with Crippen molar-refractivity contribution in [2.45, 2.75) is 6.18 Å². The Morgan fingerprint density at radius 2 is 2.05 bits per heavy atom. The van der Waals surface area contributed by atoms with Crippen LogP contribution in [0.15, 0.2) is 24.3 Å². The van der Waals surface area contributed by atoms with Gasteiger partial charge in [0.2, 0.25) is 0 Å². The monoisotopic (exact) mass is 328 g/mol. The molecule has 0 saturated heterocycles. The Bertz CT molecular complexity index is 777. The van der Waals surface area contributed by atoms with Crippen molar-refractivity contribution in [1.82, 2.24) is 9.78 Å². The summed E-state index contributed by atoms with van der Waals surface area (Å²) in [6.45, 7) is 0. The molecule has 1 heterocycles. The van der Waals surface area contributed by atoms with E-state index in [2.05, 4.69) is 10.4 Å². The van der Waals surface area contributed by atoms with Gasteiger partial charge in [0.25, 0.3) is 5.91 Å².